The van der Waals surface area contributed by atoms with Crippen LogP contribution in [0.15, 0.2) is 53.4 Å². The van der Waals surface area contributed by atoms with E-state index in [2.05, 4.69) is 5.32 Å². The summed E-state index contributed by atoms with van der Waals surface area (Å²) >= 11 is 0. The van der Waals surface area contributed by atoms with E-state index in [9.17, 15) is 40.4 Å². The van der Waals surface area contributed by atoms with Crippen molar-refractivity contribution in [1.82, 2.24) is 14.9 Å². The quantitative estimate of drug-likeness (QED) is 0.395. The number of carbonyl (C=O) groups is 3. The number of imide groups is 1. The first-order valence-electron chi connectivity index (χ1n) is 9.62. The summed E-state index contributed by atoms with van der Waals surface area (Å²) in [6.07, 6.45) is -5.63. The summed E-state index contributed by atoms with van der Waals surface area (Å²) in [7, 11) is -4.97. The Morgan fingerprint density at radius 2 is 1.65 bits per heavy atom. The number of carbonyl (C=O) groups excluding carboxylic acids is 3. The molecule has 1 saturated heterocycles. The van der Waals surface area contributed by atoms with Gasteiger partial charge in [0.15, 0.2) is 0 Å². The number of nitrogens with one attached hydrogen (secondary N) is 3. The van der Waals surface area contributed by atoms with Gasteiger partial charge in [0, 0.05) is 19.2 Å². The molecule has 1 aliphatic heterocycles. The SMILES string of the molecule is CC(=O)Nc1ccc(S(=O)(=O)NC2(C(F)(F)F)NC(=O)N(CCc3ccc(F)cc3)C2=O)cc1. The third-order valence-corrected chi connectivity index (χ3v) is 6.31. The van der Waals surface area contributed by atoms with Gasteiger partial charge in [0.1, 0.15) is 5.82 Å². The second kappa shape index (κ2) is 9.02. The van der Waals surface area contributed by atoms with Crippen LogP contribution in [0.5, 0.6) is 0 Å². The number of urea groups is 1. The maximum Gasteiger partial charge on any atom is 0.435 e. The fourth-order valence-corrected chi connectivity index (χ4v) is 4.44. The van der Waals surface area contributed by atoms with Gasteiger partial charge in [-0.1, -0.05) is 12.1 Å². The van der Waals surface area contributed by atoms with Crippen LogP contribution >= 0.6 is 0 Å². The molecule has 3 N–H and O–H groups in total. The van der Waals surface area contributed by atoms with E-state index in [0.29, 0.717) is 5.56 Å². The number of rotatable bonds is 7. The number of hydrogen-bond acceptors (Lipinski definition) is 5. The van der Waals surface area contributed by atoms with E-state index in [4.69, 9.17) is 0 Å². The van der Waals surface area contributed by atoms with Gasteiger partial charge in [-0.25, -0.2) is 17.6 Å². The van der Waals surface area contributed by atoms with Crippen LogP contribution in [0.4, 0.5) is 28.0 Å². The summed E-state index contributed by atoms with van der Waals surface area (Å²) in [5.41, 5.74) is -3.30. The highest BCUT2D eigenvalue weighted by Crippen LogP contribution is 2.35. The van der Waals surface area contributed by atoms with Crippen LogP contribution in [0.3, 0.4) is 0 Å². The van der Waals surface area contributed by atoms with Gasteiger partial charge in [-0.3, -0.25) is 14.5 Å². The molecule has 9 nitrogen and oxygen atoms in total. The molecule has 1 fully saturated rings. The van der Waals surface area contributed by atoms with Crippen LogP contribution in [0.1, 0.15) is 12.5 Å². The molecule has 2 aromatic rings. The van der Waals surface area contributed by atoms with Crippen molar-refractivity contribution in [1.29, 1.82) is 0 Å². The third kappa shape index (κ3) is 5.02. The van der Waals surface area contributed by atoms with Crippen molar-refractivity contribution < 1.29 is 40.4 Å². The molecule has 1 atom stereocenters. The van der Waals surface area contributed by atoms with Gasteiger partial charge in [-0.05, 0) is 48.4 Å². The molecule has 14 heteroatoms. The van der Waals surface area contributed by atoms with Gasteiger partial charge in [-0.2, -0.15) is 17.9 Å². The molecule has 0 spiro atoms. The number of nitrogens with zero attached hydrogens (tertiary/aromatic N) is 1. The Balaban J connectivity index is 1.86. The van der Waals surface area contributed by atoms with Crippen molar-refractivity contribution in [3.05, 3.63) is 59.9 Å². The average molecular weight is 502 g/mol. The Labute approximate surface area is 191 Å². The Hall–Kier alpha value is -3.52. The van der Waals surface area contributed by atoms with Crippen LogP contribution in [-0.4, -0.2) is 49.5 Å². The lowest BCUT2D eigenvalue weighted by atomic mass is 10.1. The fraction of sp³-hybridized carbons (Fsp3) is 0.250. The predicted molar refractivity (Wildman–Crippen MR) is 110 cm³/mol. The molecule has 1 unspecified atom stereocenters. The van der Waals surface area contributed by atoms with Crippen LogP contribution in [-0.2, 0) is 26.0 Å². The van der Waals surface area contributed by atoms with E-state index in [0.717, 1.165) is 36.4 Å². The predicted octanol–water partition coefficient (Wildman–Crippen LogP) is 2.12. The molecular formula is C20H18F4N4O5S. The first-order chi connectivity index (χ1) is 15.7. The summed E-state index contributed by atoms with van der Waals surface area (Å²) in [4.78, 5) is 35.6. The first kappa shape index (κ1) is 25.1. The zero-order valence-electron chi connectivity index (χ0n) is 17.4. The summed E-state index contributed by atoms with van der Waals surface area (Å²) in [6.45, 7) is 0.691. The molecule has 0 aromatic heterocycles. The van der Waals surface area contributed by atoms with Gasteiger partial charge in [-0.15, -0.1) is 0 Å². The highest BCUT2D eigenvalue weighted by molar-refractivity contribution is 7.89. The van der Waals surface area contributed by atoms with Gasteiger partial charge in [0.2, 0.25) is 15.9 Å². The molecular weight excluding hydrogens is 484 g/mol. The fourth-order valence-electron chi connectivity index (χ4n) is 3.17. The standard InChI is InChI=1S/C20H18F4N4O5S/c1-12(29)25-15-6-8-16(9-7-15)34(32,33)27-19(20(22,23)24)17(30)28(18(31)26-19)11-10-13-2-4-14(21)5-3-13/h2-9,27H,10-11H2,1H3,(H,25,29)(H,26,31). The van der Waals surface area contributed by atoms with Gasteiger partial charge >= 0.3 is 12.2 Å². The number of amides is 4. The third-order valence-electron chi connectivity index (χ3n) is 4.84. The second-order valence-electron chi connectivity index (χ2n) is 7.32. The Morgan fingerprint density at radius 3 is 2.18 bits per heavy atom. The van der Waals surface area contributed by atoms with Gasteiger partial charge in [0.05, 0.1) is 4.90 Å². The molecule has 1 aliphatic rings. The Morgan fingerprint density at radius 1 is 1.06 bits per heavy atom. The van der Waals surface area contributed by atoms with E-state index < -0.39 is 57.0 Å². The average Bonchev–Trinajstić information content (AvgIpc) is 2.97. The molecule has 3 rings (SSSR count). The molecule has 0 aliphatic carbocycles. The van der Waals surface area contributed by atoms with Gasteiger partial charge in [0.25, 0.3) is 11.6 Å². The Bertz CT molecular complexity index is 1220. The lowest BCUT2D eigenvalue weighted by Gasteiger charge is -2.29. The second-order valence-corrected chi connectivity index (χ2v) is 9.00. The lowest BCUT2D eigenvalue weighted by Crippen LogP contribution is -2.69. The minimum absolute atomic E-state index is 0.0925. The van der Waals surface area contributed by atoms with Crippen LogP contribution in [0.2, 0.25) is 0 Å². The maximum atomic E-state index is 14.0. The number of alkyl halides is 3. The van der Waals surface area contributed by atoms with E-state index >= 15 is 0 Å². The number of anilines is 1. The van der Waals surface area contributed by atoms with Crippen LogP contribution in [0.25, 0.3) is 0 Å². The van der Waals surface area contributed by atoms with Crippen molar-refractivity contribution in [2.75, 3.05) is 11.9 Å². The molecule has 34 heavy (non-hydrogen) atoms. The summed E-state index contributed by atoms with van der Waals surface area (Å²) in [5.74, 6) is -2.86. The minimum Gasteiger partial charge on any atom is -0.326 e. The maximum absolute atomic E-state index is 14.0. The first-order valence-corrected chi connectivity index (χ1v) is 11.1. The monoisotopic (exact) mass is 502 g/mol. The van der Waals surface area contributed by atoms with E-state index in [1.807, 2.05) is 0 Å². The van der Waals surface area contributed by atoms with E-state index in [1.54, 1.807) is 0 Å². The zero-order chi connectivity index (χ0) is 25.3. The van der Waals surface area contributed by atoms with Crippen molar-refractivity contribution in [2.24, 2.45) is 0 Å². The van der Waals surface area contributed by atoms with E-state index in [-0.39, 0.29) is 17.0 Å². The van der Waals surface area contributed by atoms with Crippen molar-refractivity contribution in [3.63, 3.8) is 0 Å². The molecule has 182 valence electrons. The highest BCUT2D eigenvalue weighted by Gasteiger charge is 2.69. The van der Waals surface area contributed by atoms with Crippen LogP contribution in [0, 0.1) is 5.82 Å². The topological polar surface area (TPSA) is 125 Å². The highest BCUT2D eigenvalue weighted by atomic mass is 32.2. The van der Waals surface area contributed by atoms with Crippen molar-refractivity contribution in [2.45, 2.75) is 30.1 Å². The molecule has 2 aromatic carbocycles. The smallest absolute Gasteiger partial charge is 0.326 e. The van der Waals surface area contributed by atoms with E-state index in [1.165, 1.54) is 29.1 Å². The molecule has 0 saturated carbocycles. The molecule has 4 amide bonds. The Kier molecular flexibility index (Phi) is 6.66. The lowest BCUT2D eigenvalue weighted by molar-refractivity contribution is -0.198. The molecule has 0 radical (unpaired) electrons. The number of benzene rings is 2. The number of sulfonamides is 1. The van der Waals surface area contributed by atoms with Crippen molar-refractivity contribution in [3.8, 4) is 0 Å². The number of hydrogen-bond donors (Lipinski definition) is 3. The summed E-state index contributed by atoms with van der Waals surface area (Å²) in [6, 6.07) is 7.54. The largest absolute Gasteiger partial charge is 0.435 e. The molecule has 0 bridgehead atoms. The van der Waals surface area contributed by atoms with Crippen LogP contribution < -0.4 is 15.4 Å². The normalized spacial score (nSPS) is 18.7. The summed E-state index contributed by atoms with van der Waals surface area (Å²) < 4.78 is 81.7. The summed E-state index contributed by atoms with van der Waals surface area (Å²) in [5, 5.41) is 3.79. The number of halogens is 4. The molecule has 1 heterocycles. The zero-order valence-corrected chi connectivity index (χ0v) is 18.3. The minimum atomic E-state index is -5.53. The van der Waals surface area contributed by atoms with Gasteiger partial charge < -0.3 is 10.6 Å². The van der Waals surface area contributed by atoms with Crippen molar-refractivity contribution >= 4 is 33.6 Å².